The fourth-order valence-electron chi connectivity index (χ4n) is 2.70. The third-order valence-electron chi connectivity index (χ3n) is 3.70. The lowest BCUT2D eigenvalue weighted by Crippen LogP contribution is -2.47. The summed E-state index contributed by atoms with van der Waals surface area (Å²) in [6.45, 7) is 4.28. The lowest BCUT2D eigenvalue weighted by Gasteiger charge is -2.27. The van der Waals surface area contributed by atoms with Gasteiger partial charge in [-0.1, -0.05) is 32.0 Å². The molecular formula is C17H24N2O2S. The van der Waals surface area contributed by atoms with Crippen LogP contribution in [-0.2, 0) is 4.79 Å². The summed E-state index contributed by atoms with van der Waals surface area (Å²) in [6.07, 6.45) is -0.670. The Morgan fingerprint density at radius 2 is 2.00 bits per heavy atom. The Balaban J connectivity index is 2.00. The molecule has 1 amide bonds. The van der Waals surface area contributed by atoms with Crippen LogP contribution in [0.5, 0.6) is 0 Å². The largest absolute Gasteiger partial charge is 0.386 e. The van der Waals surface area contributed by atoms with E-state index >= 15 is 0 Å². The number of aliphatic hydroxyl groups excluding tert-OH is 1. The number of amides is 1. The van der Waals surface area contributed by atoms with Crippen LogP contribution in [0.2, 0.25) is 0 Å². The van der Waals surface area contributed by atoms with E-state index in [1.165, 1.54) is 0 Å². The predicted molar refractivity (Wildman–Crippen MR) is 92.1 cm³/mol. The molecule has 0 fully saturated rings. The molecule has 0 aliphatic rings. The molecule has 1 heterocycles. The van der Waals surface area contributed by atoms with Crippen LogP contribution < -0.4 is 5.32 Å². The van der Waals surface area contributed by atoms with Crippen LogP contribution >= 0.6 is 11.3 Å². The number of thiophene rings is 1. The van der Waals surface area contributed by atoms with Crippen molar-refractivity contribution in [1.82, 2.24) is 10.2 Å². The Labute approximate surface area is 135 Å². The smallest absolute Gasteiger partial charge is 0.237 e. The number of carbonyl (C=O) groups is 1. The molecule has 2 aromatic rings. The monoisotopic (exact) mass is 320 g/mol. The van der Waals surface area contributed by atoms with Gasteiger partial charge in [-0.15, -0.1) is 11.3 Å². The second-order valence-corrected chi connectivity index (χ2v) is 7.22. The van der Waals surface area contributed by atoms with E-state index in [0.29, 0.717) is 0 Å². The Kier molecular flexibility index (Phi) is 5.56. The number of rotatable bonds is 6. The van der Waals surface area contributed by atoms with Gasteiger partial charge in [-0.2, -0.15) is 0 Å². The van der Waals surface area contributed by atoms with E-state index in [4.69, 9.17) is 0 Å². The Morgan fingerprint density at radius 3 is 2.59 bits per heavy atom. The van der Waals surface area contributed by atoms with E-state index in [0.717, 1.165) is 15.0 Å². The third-order valence-corrected chi connectivity index (χ3v) is 4.92. The number of carbonyl (C=O) groups excluding carboxylic acids is 1. The zero-order chi connectivity index (χ0) is 16.3. The molecular weight excluding hydrogens is 296 g/mol. The quantitative estimate of drug-likeness (QED) is 0.860. The Hall–Kier alpha value is -1.43. The molecule has 0 saturated carbocycles. The fourth-order valence-corrected chi connectivity index (χ4v) is 3.75. The molecule has 0 aliphatic carbocycles. The first-order chi connectivity index (χ1) is 10.4. The first-order valence-electron chi connectivity index (χ1n) is 7.51. The standard InChI is InChI=1S/C17H24N2O2S/c1-11(2)16(19(3)4)17(21)18-10-13(20)15-9-12-7-5-6-8-14(12)22-15/h5-9,11,13,16,20H,10H2,1-4H3,(H,18,21). The Morgan fingerprint density at radius 1 is 1.32 bits per heavy atom. The zero-order valence-electron chi connectivity index (χ0n) is 13.5. The summed E-state index contributed by atoms with van der Waals surface area (Å²) >= 11 is 1.57. The van der Waals surface area contributed by atoms with E-state index in [2.05, 4.69) is 5.32 Å². The van der Waals surface area contributed by atoms with E-state index in [-0.39, 0.29) is 24.4 Å². The van der Waals surface area contributed by atoms with Crippen LogP contribution in [-0.4, -0.2) is 42.6 Å². The van der Waals surface area contributed by atoms with Gasteiger partial charge in [0, 0.05) is 16.1 Å². The Bertz CT molecular complexity index is 595. The van der Waals surface area contributed by atoms with Crippen molar-refractivity contribution >= 4 is 27.3 Å². The van der Waals surface area contributed by atoms with E-state index < -0.39 is 6.10 Å². The molecule has 2 unspecified atom stereocenters. The first kappa shape index (κ1) is 16.9. The van der Waals surface area contributed by atoms with Gasteiger partial charge in [-0.05, 0) is 37.5 Å². The molecule has 0 saturated heterocycles. The average molecular weight is 320 g/mol. The SMILES string of the molecule is CC(C)C(C(=O)NCC(O)c1cc2ccccc2s1)N(C)C. The van der Waals surface area contributed by atoms with Gasteiger partial charge < -0.3 is 10.4 Å². The van der Waals surface area contributed by atoms with Gasteiger partial charge in [0.2, 0.25) is 5.91 Å². The molecule has 2 atom stereocenters. The molecule has 0 aliphatic heterocycles. The number of likely N-dealkylation sites (N-methyl/N-ethyl adjacent to an activating group) is 1. The molecule has 2 rings (SSSR count). The lowest BCUT2D eigenvalue weighted by molar-refractivity contribution is -0.127. The summed E-state index contributed by atoms with van der Waals surface area (Å²) in [5.74, 6) is 0.177. The molecule has 0 spiro atoms. The van der Waals surface area contributed by atoms with Gasteiger partial charge in [0.15, 0.2) is 0 Å². The van der Waals surface area contributed by atoms with E-state index in [1.54, 1.807) is 11.3 Å². The van der Waals surface area contributed by atoms with Crippen molar-refractivity contribution in [2.24, 2.45) is 5.92 Å². The maximum Gasteiger partial charge on any atom is 0.237 e. The maximum atomic E-state index is 12.3. The van der Waals surface area contributed by atoms with Crippen molar-refractivity contribution in [3.63, 3.8) is 0 Å². The fraction of sp³-hybridized carbons (Fsp3) is 0.471. The minimum Gasteiger partial charge on any atom is -0.386 e. The molecule has 120 valence electrons. The highest BCUT2D eigenvalue weighted by atomic mass is 32.1. The number of nitrogens with one attached hydrogen (secondary N) is 1. The van der Waals surface area contributed by atoms with Gasteiger partial charge >= 0.3 is 0 Å². The van der Waals surface area contributed by atoms with Crippen molar-refractivity contribution in [2.45, 2.75) is 26.0 Å². The molecule has 4 nitrogen and oxygen atoms in total. The van der Waals surface area contributed by atoms with Crippen LogP contribution in [0.15, 0.2) is 30.3 Å². The lowest BCUT2D eigenvalue weighted by atomic mass is 10.0. The normalized spacial score (nSPS) is 14.5. The summed E-state index contributed by atoms with van der Waals surface area (Å²) in [5.41, 5.74) is 0. The molecule has 1 aromatic heterocycles. The summed E-state index contributed by atoms with van der Waals surface area (Å²) in [5, 5.41) is 14.3. The van der Waals surface area contributed by atoms with Crippen molar-refractivity contribution in [1.29, 1.82) is 0 Å². The van der Waals surface area contributed by atoms with Crippen LogP contribution in [0.1, 0.15) is 24.8 Å². The van der Waals surface area contributed by atoms with E-state index in [9.17, 15) is 9.90 Å². The molecule has 0 radical (unpaired) electrons. The highest BCUT2D eigenvalue weighted by Gasteiger charge is 2.24. The van der Waals surface area contributed by atoms with Gasteiger partial charge in [0.1, 0.15) is 6.10 Å². The molecule has 22 heavy (non-hydrogen) atoms. The highest BCUT2D eigenvalue weighted by molar-refractivity contribution is 7.19. The number of aliphatic hydroxyl groups is 1. The average Bonchev–Trinajstić information content (AvgIpc) is 2.87. The van der Waals surface area contributed by atoms with Gasteiger partial charge in [0.25, 0.3) is 0 Å². The summed E-state index contributed by atoms with van der Waals surface area (Å²) in [7, 11) is 3.79. The highest BCUT2D eigenvalue weighted by Crippen LogP contribution is 2.29. The van der Waals surface area contributed by atoms with Crippen molar-refractivity contribution in [2.75, 3.05) is 20.6 Å². The molecule has 5 heteroatoms. The number of benzene rings is 1. The number of hydrogen-bond donors (Lipinski definition) is 2. The van der Waals surface area contributed by atoms with Crippen molar-refractivity contribution in [3.05, 3.63) is 35.2 Å². The minimum absolute atomic E-state index is 0.0415. The van der Waals surface area contributed by atoms with Gasteiger partial charge in [0.05, 0.1) is 6.04 Å². The van der Waals surface area contributed by atoms with Gasteiger partial charge in [-0.25, -0.2) is 0 Å². The number of fused-ring (bicyclic) bond motifs is 1. The van der Waals surface area contributed by atoms with Crippen LogP contribution in [0.4, 0.5) is 0 Å². The molecule has 2 N–H and O–H groups in total. The van der Waals surface area contributed by atoms with Crippen LogP contribution in [0.3, 0.4) is 0 Å². The molecule has 0 bridgehead atoms. The predicted octanol–water partition coefficient (Wildman–Crippen LogP) is 2.64. The number of nitrogens with zero attached hydrogens (tertiary/aromatic N) is 1. The first-order valence-corrected chi connectivity index (χ1v) is 8.32. The summed E-state index contributed by atoms with van der Waals surface area (Å²) in [6, 6.07) is 9.84. The second-order valence-electron chi connectivity index (χ2n) is 6.10. The minimum atomic E-state index is -0.670. The maximum absolute atomic E-state index is 12.3. The van der Waals surface area contributed by atoms with Gasteiger partial charge in [-0.3, -0.25) is 9.69 Å². The third kappa shape index (κ3) is 3.85. The summed E-state index contributed by atoms with van der Waals surface area (Å²) < 4.78 is 1.15. The summed E-state index contributed by atoms with van der Waals surface area (Å²) in [4.78, 5) is 15.1. The molecule has 1 aromatic carbocycles. The second kappa shape index (κ2) is 7.22. The van der Waals surface area contributed by atoms with Crippen molar-refractivity contribution in [3.8, 4) is 0 Å². The van der Waals surface area contributed by atoms with E-state index in [1.807, 2.05) is 63.2 Å². The van der Waals surface area contributed by atoms with Crippen LogP contribution in [0.25, 0.3) is 10.1 Å². The van der Waals surface area contributed by atoms with Crippen molar-refractivity contribution < 1.29 is 9.90 Å². The number of hydrogen-bond acceptors (Lipinski definition) is 4. The zero-order valence-corrected chi connectivity index (χ0v) is 14.4. The topological polar surface area (TPSA) is 52.6 Å². The van der Waals surface area contributed by atoms with Crippen LogP contribution in [0, 0.1) is 5.92 Å².